The van der Waals surface area contributed by atoms with Crippen LogP contribution in [0.25, 0.3) is 22.3 Å². The Kier molecular flexibility index (Phi) is 9.47. The lowest BCUT2D eigenvalue weighted by Crippen LogP contribution is -2.39. The van der Waals surface area contributed by atoms with E-state index in [4.69, 9.17) is 12.8 Å². The van der Waals surface area contributed by atoms with E-state index in [0.29, 0.717) is 28.4 Å². The molecule has 0 aliphatic rings. The maximum Gasteiger partial charge on any atom is 0.333 e. The van der Waals surface area contributed by atoms with E-state index in [-0.39, 0.29) is 30.0 Å². The standard InChI is InChI=1S/C19H16N4O2.C18H14N4O3/c1-5-11-23-18(24)16-17(22(4)19(23)25)20-15(21(16)3)10-9-14-8-6-7-13(2)12-14;1-4-10-22-17(24)15-16(21(3)18(22)25)19-14(20(15)2)9-8-12-6-5-7-13(23)11-12/h1,6-8,12H,11H2,2-4H3;1,5-7,11,23H,10H2,2-3H3. The third kappa shape index (κ3) is 6.35. The molecule has 13 heteroatoms. The van der Waals surface area contributed by atoms with Crippen LogP contribution in [0.4, 0.5) is 0 Å². The number of phenols is 1. The lowest BCUT2D eigenvalue weighted by Gasteiger charge is -2.05. The van der Waals surface area contributed by atoms with E-state index in [9.17, 15) is 24.3 Å². The Bertz CT molecular complexity index is 2610. The number of rotatable bonds is 2. The number of nitrogens with zero attached hydrogens (tertiary/aromatic N) is 8. The molecule has 0 bridgehead atoms. The molecule has 50 heavy (non-hydrogen) atoms. The van der Waals surface area contributed by atoms with Crippen LogP contribution in [0.1, 0.15) is 28.3 Å². The molecule has 0 aliphatic carbocycles. The van der Waals surface area contributed by atoms with E-state index in [1.807, 2.05) is 31.2 Å². The summed E-state index contributed by atoms with van der Waals surface area (Å²) in [4.78, 5) is 58.3. The molecular formula is C37H30N8O5. The number of fused-ring (bicyclic) bond motifs is 2. The summed E-state index contributed by atoms with van der Waals surface area (Å²) in [5.41, 5.74) is 1.65. The second-order valence-electron chi connectivity index (χ2n) is 11.1. The van der Waals surface area contributed by atoms with Gasteiger partial charge in [-0.25, -0.2) is 28.7 Å². The zero-order valence-electron chi connectivity index (χ0n) is 27.8. The number of hydrogen-bond donors (Lipinski definition) is 1. The van der Waals surface area contributed by atoms with Crippen LogP contribution in [-0.4, -0.2) is 42.5 Å². The van der Waals surface area contributed by atoms with E-state index >= 15 is 0 Å². The SMILES string of the molecule is C#CCn1c(=O)c2c(nc(C#Cc3cccc(C)c3)n2C)n(C)c1=O.C#CCn1c(=O)c2c(nc(C#Cc3cccc(O)c3)n2C)n(C)c1=O. The van der Waals surface area contributed by atoms with E-state index < -0.39 is 22.5 Å². The number of imidazole rings is 2. The fourth-order valence-corrected chi connectivity index (χ4v) is 5.13. The van der Waals surface area contributed by atoms with Crippen molar-refractivity contribution < 1.29 is 5.11 Å². The lowest BCUT2D eigenvalue weighted by molar-refractivity contribution is 0.475. The molecule has 0 aliphatic heterocycles. The molecular weight excluding hydrogens is 636 g/mol. The highest BCUT2D eigenvalue weighted by Gasteiger charge is 2.18. The van der Waals surface area contributed by atoms with E-state index in [1.165, 1.54) is 26.8 Å². The summed E-state index contributed by atoms with van der Waals surface area (Å²) in [5, 5.41) is 9.48. The smallest absolute Gasteiger partial charge is 0.333 e. The molecule has 0 amide bonds. The Morgan fingerprint density at radius 1 is 0.640 bits per heavy atom. The van der Waals surface area contributed by atoms with Crippen molar-refractivity contribution in [2.75, 3.05) is 0 Å². The molecule has 0 atom stereocenters. The fraction of sp³-hybridized carbons (Fsp3) is 0.189. The molecule has 2 aromatic carbocycles. The number of phenolic OH excluding ortho intramolecular Hbond substituents is 1. The summed E-state index contributed by atoms with van der Waals surface area (Å²) in [7, 11) is 6.42. The van der Waals surface area contributed by atoms with Gasteiger partial charge in [-0.1, -0.05) is 41.9 Å². The number of aromatic hydroxyl groups is 1. The zero-order chi connectivity index (χ0) is 36.3. The highest BCUT2D eigenvalue weighted by molar-refractivity contribution is 5.73. The first kappa shape index (κ1) is 34.1. The van der Waals surface area contributed by atoms with Gasteiger partial charge in [0.2, 0.25) is 0 Å². The van der Waals surface area contributed by atoms with Gasteiger partial charge in [0.25, 0.3) is 11.1 Å². The van der Waals surface area contributed by atoms with Crippen LogP contribution in [0.15, 0.2) is 67.7 Å². The van der Waals surface area contributed by atoms with E-state index in [0.717, 1.165) is 20.3 Å². The predicted molar refractivity (Wildman–Crippen MR) is 189 cm³/mol. The van der Waals surface area contributed by atoms with E-state index in [1.54, 1.807) is 43.9 Å². The van der Waals surface area contributed by atoms with Gasteiger partial charge in [0.05, 0.1) is 13.1 Å². The second kappa shape index (κ2) is 13.9. The number of aromatic nitrogens is 8. The average Bonchev–Trinajstić information content (AvgIpc) is 3.61. The normalized spacial score (nSPS) is 10.3. The van der Waals surface area contributed by atoms with E-state index in [2.05, 4.69) is 45.5 Å². The Morgan fingerprint density at radius 2 is 1.08 bits per heavy atom. The first-order valence-corrected chi connectivity index (χ1v) is 15.0. The van der Waals surface area contributed by atoms with Crippen LogP contribution in [0, 0.1) is 55.3 Å². The summed E-state index contributed by atoms with van der Waals surface area (Å²) in [5.74, 6) is 17.2. The minimum absolute atomic E-state index is 0.0864. The minimum atomic E-state index is -0.527. The minimum Gasteiger partial charge on any atom is -0.508 e. The maximum atomic E-state index is 12.6. The van der Waals surface area contributed by atoms with Crippen molar-refractivity contribution in [3.63, 3.8) is 0 Å². The summed E-state index contributed by atoms with van der Waals surface area (Å²) < 4.78 is 7.70. The first-order valence-electron chi connectivity index (χ1n) is 15.0. The zero-order valence-corrected chi connectivity index (χ0v) is 27.8. The summed E-state index contributed by atoms with van der Waals surface area (Å²) >= 11 is 0. The van der Waals surface area contributed by atoms with Gasteiger partial charge in [0.15, 0.2) is 34.0 Å². The van der Waals surface area contributed by atoms with Crippen molar-refractivity contribution in [1.29, 1.82) is 0 Å². The van der Waals surface area contributed by atoms with Crippen molar-refractivity contribution in [3.05, 3.63) is 119 Å². The van der Waals surface area contributed by atoms with Gasteiger partial charge in [0, 0.05) is 39.3 Å². The molecule has 0 fully saturated rings. The van der Waals surface area contributed by atoms with Crippen molar-refractivity contribution in [2.45, 2.75) is 20.0 Å². The van der Waals surface area contributed by atoms with Gasteiger partial charge in [-0.3, -0.25) is 18.7 Å². The largest absolute Gasteiger partial charge is 0.508 e. The maximum absolute atomic E-state index is 12.6. The molecule has 248 valence electrons. The Labute approximate surface area is 285 Å². The second-order valence-corrected chi connectivity index (χ2v) is 11.1. The fourth-order valence-electron chi connectivity index (χ4n) is 5.13. The topological polar surface area (TPSA) is 144 Å². The molecule has 0 spiro atoms. The van der Waals surface area contributed by atoms with Crippen molar-refractivity contribution in [2.24, 2.45) is 28.2 Å². The Hall–Kier alpha value is -7.22. The highest BCUT2D eigenvalue weighted by Crippen LogP contribution is 2.12. The third-order valence-corrected chi connectivity index (χ3v) is 7.72. The number of aryl methyl sites for hydroxylation is 5. The predicted octanol–water partition coefficient (Wildman–Crippen LogP) is 0.947. The molecule has 0 saturated carbocycles. The Balaban J connectivity index is 0.000000194. The van der Waals surface area contributed by atoms with Crippen LogP contribution in [-0.2, 0) is 41.3 Å². The monoisotopic (exact) mass is 666 g/mol. The number of benzene rings is 2. The molecule has 0 radical (unpaired) electrons. The van der Waals surface area contributed by atoms with Crippen LogP contribution >= 0.6 is 0 Å². The molecule has 6 aromatic rings. The van der Waals surface area contributed by atoms with Crippen LogP contribution in [0.5, 0.6) is 5.75 Å². The summed E-state index contributed by atoms with van der Waals surface area (Å²) in [6.07, 6.45) is 10.5. The third-order valence-electron chi connectivity index (χ3n) is 7.72. The molecule has 13 nitrogen and oxygen atoms in total. The van der Waals surface area contributed by atoms with Gasteiger partial charge in [-0.2, -0.15) is 0 Å². The van der Waals surface area contributed by atoms with Gasteiger partial charge in [0.1, 0.15) is 5.75 Å². The van der Waals surface area contributed by atoms with Crippen LogP contribution < -0.4 is 22.5 Å². The van der Waals surface area contributed by atoms with Crippen molar-refractivity contribution >= 4 is 22.3 Å². The Morgan fingerprint density at radius 3 is 1.50 bits per heavy atom. The van der Waals surface area contributed by atoms with Gasteiger partial charge < -0.3 is 14.2 Å². The molecule has 6 rings (SSSR count). The summed E-state index contributed by atoms with van der Waals surface area (Å²) in [6, 6.07) is 14.3. The van der Waals surface area contributed by atoms with Gasteiger partial charge in [-0.15, -0.1) is 12.8 Å². The lowest BCUT2D eigenvalue weighted by atomic mass is 10.1. The quantitative estimate of drug-likeness (QED) is 0.271. The van der Waals surface area contributed by atoms with Crippen molar-refractivity contribution in [1.82, 2.24) is 37.4 Å². The number of hydrogen-bond acceptors (Lipinski definition) is 7. The number of terminal acetylenes is 2. The van der Waals surface area contributed by atoms with Crippen molar-refractivity contribution in [3.8, 4) is 54.1 Å². The molecule has 4 heterocycles. The van der Waals surface area contributed by atoms with Gasteiger partial charge >= 0.3 is 11.4 Å². The van der Waals surface area contributed by atoms with Gasteiger partial charge in [-0.05, 0) is 54.7 Å². The van der Waals surface area contributed by atoms with Crippen LogP contribution in [0.3, 0.4) is 0 Å². The highest BCUT2D eigenvalue weighted by atomic mass is 16.3. The molecule has 1 N–H and O–H groups in total. The molecule has 0 unspecified atom stereocenters. The molecule has 4 aromatic heterocycles. The molecule has 0 saturated heterocycles. The van der Waals surface area contributed by atoms with Crippen LogP contribution in [0.2, 0.25) is 0 Å². The average molecular weight is 667 g/mol. The first-order chi connectivity index (χ1) is 23.9. The summed E-state index contributed by atoms with van der Waals surface area (Å²) in [6.45, 7) is 1.79.